The molecule has 0 spiro atoms. The van der Waals surface area contributed by atoms with E-state index >= 15 is 0 Å². The Labute approximate surface area is 99.0 Å². The van der Waals surface area contributed by atoms with E-state index in [1.165, 1.54) is 19.4 Å². The summed E-state index contributed by atoms with van der Waals surface area (Å²) >= 11 is 4.98. The number of thiocarbonyl (C=S) groups is 1. The lowest BCUT2D eigenvalue weighted by molar-refractivity contribution is -0.0427. The highest BCUT2D eigenvalue weighted by atomic mass is 32.1. The minimum atomic E-state index is 0.665. The zero-order valence-electron chi connectivity index (χ0n) is 10.1. The first kappa shape index (κ1) is 13.0. The topological polar surface area (TPSA) is 9.72 Å². The van der Waals surface area contributed by atoms with Crippen LogP contribution in [0.15, 0.2) is 0 Å². The van der Waals surface area contributed by atoms with E-state index < -0.39 is 0 Å². The lowest BCUT2D eigenvalue weighted by Crippen LogP contribution is -2.57. The Balaban J connectivity index is 2.21. The van der Waals surface area contributed by atoms with E-state index in [9.17, 15) is 0 Å². The van der Waals surface area contributed by atoms with Crippen molar-refractivity contribution in [2.24, 2.45) is 0 Å². The maximum Gasteiger partial charge on any atom is 0.0530 e. The van der Waals surface area contributed by atoms with Gasteiger partial charge in [0, 0.05) is 6.04 Å². The van der Waals surface area contributed by atoms with Gasteiger partial charge in [0.05, 0.1) is 13.3 Å². The number of rotatable bonds is 7. The summed E-state index contributed by atoms with van der Waals surface area (Å²) < 4.78 is 0. The molecule has 0 N–H and O–H groups in total. The van der Waals surface area contributed by atoms with Crippen molar-refractivity contribution >= 4 is 17.6 Å². The summed E-state index contributed by atoms with van der Waals surface area (Å²) in [5.41, 5.74) is 0. The van der Waals surface area contributed by atoms with E-state index in [4.69, 9.17) is 12.2 Å². The van der Waals surface area contributed by atoms with Crippen molar-refractivity contribution in [2.45, 2.75) is 25.3 Å². The fourth-order valence-corrected chi connectivity index (χ4v) is 2.24. The molecule has 15 heavy (non-hydrogen) atoms. The van der Waals surface area contributed by atoms with E-state index in [-0.39, 0.29) is 0 Å². The molecule has 0 radical (unpaired) electrons. The number of hydrogen-bond donors (Lipinski definition) is 0. The lowest BCUT2D eigenvalue weighted by Gasteiger charge is -2.45. The maximum atomic E-state index is 4.98. The molecule has 1 atom stereocenters. The minimum Gasteiger partial charge on any atom is -0.309 e. The second kappa shape index (κ2) is 6.53. The van der Waals surface area contributed by atoms with Gasteiger partial charge in [-0.25, -0.2) is 0 Å². The van der Waals surface area contributed by atoms with Gasteiger partial charge < -0.3 is 4.90 Å². The van der Waals surface area contributed by atoms with Crippen molar-refractivity contribution in [3.05, 3.63) is 0 Å². The van der Waals surface area contributed by atoms with Crippen LogP contribution in [-0.2, 0) is 0 Å². The number of hydrogen-bond acceptors (Lipinski definition) is 4. The van der Waals surface area contributed by atoms with Crippen molar-refractivity contribution in [3.8, 4) is 0 Å². The normalized spacial score (nSPS) is 20.3. The SMILES string of the molecule is CN(C)CCCC(CC=S)N1CN(C)C1. The van der Waals surface area contributed by atoms with Crippen molar-refractivity contribution in [1.29, 1.82) is 0 Å². The van der Waals surface area contributed by atoms with Gasteiger partial charge in [0.2, 0.25) is 0 Å². The largest absolute Gasteiger partial charge is 0.309 e. The zero-order valence-corrected chi connectivity index (χ0v) is 11.0. The average molecular weight is 229 g/mol. The molecule has 1 fully saturated rings. The van der Waals surface area contributed by atoms with Gasteiger partial charge in [-0.15, -0.1) is 0 Å². The average Bonchev–Trinajstić information content (AvgIpc) is 2.11. The molecule has 1 unspecified atom stereocenters. The van der Waals surface area contributed by atoms with Gasteiger partial charge in [-0.1, -0.05) is 12.2 Å². The van der Waals surface area contributed by atoms with E-state index in [0.29, 0.717) is 6.04 Å². The zero-order chi connectivity index (χ0) is 11.3. The molecule has 1 saturated heterocycles. The predicted octanol–water partition coefficient (Wildman–Crippen LogP) is 1.25. The Hall–Kier alpha value is -0.0300. The molecular weight excluding hydrogens is 206 g/mol. The van der Waals surface area contributed by atoms with E-state index in [1.54, 1.807) is 0 Å². The molecule has 0 saturated carbocycles. The first-order valence-corrected chi connectivity index (χ1v) is 6.11. The quantitative estimate of drug-likeness (QED) is 0.608. The Bertz CT molecular complexity index is 190. The molecule has 0 aromatic heterocycles. The van der Waals surface area contributed by atoms with E-state index in [2.05, 4.69) is 35.8 Å². The van der Waals surface area contributed by atoms with E-state index in [1.807, 2.05) is 5.37 Å². The van der Waals surface area contributed by atoms with Crippen LogP contribution >= 0.6 is 12.2 Å². The van der Waals surface area contributed by atoms with Crippen LogP contribution in [0.4, 0.5) is 0 Å². The maximum absolute atomic E-state index is 4.98. The Morgan fingerprint density at radius 1 is 1.40 bits per heavy atom. The third-order valence-electron chi connectivity index (χ3n) is 2.87. The van der Waals surface area contributed by atoms with Gasteiger partial charge in [0.25, 0.3) is 0 Å². The second-order valence-corrected chi connectivity index (χ2v) is 5.06. The van der Waals surface area contributed by atoms with Gasteiger partial charge in [0.1, 0.15) is 0 Å². The monoisotopic (exact) mass is 229 g/mol. The van der Waals surface area contributed by atoms with Gasteiger partial charge in [-0.3, -0.25) is 9.80 Å². The molecule has 1 rings (SSSR count). The van der Waals surface area contributed by atoms with Crippen LogP contribution in [0, 0.1) is 0 Å². The van der Waals surface area contributed by atoms with Crippen molar-refractivity contribution < 1.29 is 0 Å². The number of nitrogens with zero attached hydrogens (tertiary/aromatic N) is 3. The molecule has 1 aliphatic rings. The summed E-state index contributed by atoms with van der Waals surface area (Å²) in [5.74, 6) is 0. The Morgan fingerprint density at radius 2 is 2.07 bits per heavy atom. The fourth-order valence-electron chi connectivity index (χ4n) is 2.01. The van der Waals surface area contributed by atoms with Crippen LogP contribution in [0.25, 0.3) is 0 Å². The standard InChI is InChI=1S/C11H23N3S/c1-12(2)7-4-5-11(6-8-15)14-9-13(3)10-14/h8,11H,4-7,9-10H2,1-3H3. The van der Waals surface area contributed by atoms with Gasteiger partial charge >= 0.3 is 0 Å². The summed E-state index contributed by atoms with van der Waals surface area (Å²) in [6.07, 6.45) is 3.58. The summed E-state index contributed by atoms with van der Waals surface area (Å²) in [6, 6.07) is 0.665. The van der Waals surface area contributed by atoms with Crippen LogP contribution in [0.3, 0.4) is 0 Å². The van der Waals surface area contributed by atoms with Crippen molar-refractivity contribution in [1.82, 2.24) is 14.7 Å². The third kappa shape index (κ3) is 4.55. The van der Waals surface area contributed by atoms with Crippen LogP contribution in [-0.4, -0.2) is 67.1 Å². The minimum absolute atomic E-state index is 0.665. The van der Waals surface area contributed by atoms with Crippen molar-refractivity contribution in [2.75, 3.05) is 41.0 Å². The summed E-state index contributed by atoms with van der Waals surface area (Å²) in [4.78, 5) is 7.08. The molecule has 88 valence electrons. The van der Waals surface area contributed by atoms with E-state index in [0.717, 1.165) is 19.8 Å². The van der Waals surface area contributed by atoms with Crippen LogP contribution in [0.5, 0.6) is 0 Å². The molecule has 1 aliphatic heterocycles. The highest BCUT2D eigenvalue weighted by Crippen LogP contribution is 2.17. The van der Waals surface area contributed by atoms with Gasteiger partial charge in [-0.05, 0) is 52.3 Å². The van der Waals surface area contributed by atoms with Crippen LogP contribution in [0.2, 0.25) is 0 Å². The van der Waals surface area contributed by atoms with Gasteiger partial charge in [0.15, 0.2) is 0 Å². The third-order valence-corrected chi connectivity index (χ3v) is 3.07. The predicted molar refractivity (Wildman–Crippen MR) is 69.2 cm³/mol. The highest BCUT2D eigenvalue weighted by Gasteiger charge is 2.26. The first-order valence-electron chi connectivity index (χ1n) is 5.64. The molecular formula is C11H23N3S. The molecule has 0 aliphatic carbocycles. The Kier molecular flexibility index (Phi) is 5.68. The summed E-state index contributed by atoms with van der Waals surface area (Å²) in [6.45, 7) is 3.39. The fraction of sp³-hybridized carbons (Fsp3) is 0.909. The van der Waals surface area contributed by atoms with Gasteiger partial charge in [-0.2, -0.15) is 0 Å². The summed E-state index contributed by atoms with van der Waals surface area (Å²) in [5, 5.41) is 1.89. The highest BCUT2D eigenvalue weighted by molar-refractivity contribution is 7.78. The smallest absolute Gasteiger partial charge is 0.0530 e. The molecule has 3 nitrogen and oxygen atoms in total. The molecule has 0 amide bonds. The molecule has 0 aromatic carbocycles. The molecule has 4 heteroatoms. The first-order chi connectivity index (χ1) is 7.13. The second-order valence-electron chi connectivity index (χ2n) is 4.73. The van der Waals surface area contributed by atoms with Crippen LogP contribution < -0.4 is 0 Å². The molecule has 1 heterocycles. The van der Waals surface area contributed by atoms with Crippen LogP contribution in [0.1, 0.15) is 19.3 Å². The van der Waals surface area contributed by atoms with Crippen molar-refractivity contribution in [3.63, 3.8) is 0 Å². The summed E-state index contributed by atoms with van der Waals surface area (Å²) in [7, 11) is 6.42. The molecule has 0 aromatic rings. The Morgan fingerprint density at radius 3 is 2.53 bits per heavy atom. The molecule has 0 bridgehead atoms. The lowest BCUT2D eigenvalue weighted by atomic mass is 10.1.